The molecule has 0 unspecified atom stereocenters. The minimum absolute atomic E-state index is 0.139. The largest absolute Gasteiger partial charge is 0.322 e. The molecule has 1 aromatic heterocycles. The van der Waals surface area contributed by atoms with Crippen LogP contribution in [0.5, 0.6) is 0 Å². The first-order valence-electron chi connectivity index (χ1n) is 9.15. The van der Waals surface area contributed by atoms with E-state index in [1.165, 1.54) is 6.07 Å². The number of pyridine rings is 1. The summed E-state index contributed by atoms with van der Waals surface area (Å²) in [5, 5.41) is 5.11. The molecule has 28 heavy (non-hydrogen) atoms. The van der Waals surface area contributed by atoms with Crippen molar-refractivity contribution in [3.8, 4) is 0 Å². The lowest BCUT2D eigenvalue weighted by molar-refractivity contribution is 0.102. The van der Waals surface area contributed by atoms with Crippen LogP contribution in [-0.4, -0.2) is 10.5 Å². The van der Waals surface area contributed by atoms with Gasteiger partial charge in [0.1, 0.15) is 0 Å². The molecule has 0 spiro atoms. The number of anilines is 1. The van der Waals surface area contributed by atoms with E-state index in [0.29, 0.717) is 12.1 Å². The second-order valence-electron chi connectivity index (χ2n) is 6.85. The van der Waals surface area contributed by atoms with E-state index in [-0.39, 0.29) is 11.5 Å². The monoisotopic (exact) mass is 368 g/mol. The summed E-state index contributed by atoms with van der Waals surface area (Å²) < 4.78 is 1.58. The van der Waals surface area contributed by atoms with Gasteiger partial charge in [0.2, 0.25) is 0 Å². The third-order valence-corrected chi connectivity index (χ3v) is 4.74. The van der Waals surface area contributed by atoms with Gasteiger partial charge in [0.05, 0.1) is 12.1 Å². The van der Waals surface area contributed by atoms with Gasteiger partial charge < -0.3 is 9.88 Å². The molecule has 0 fully saturated rings. The van der Waals surface area contributed by atoms with E-state index in [1.807, 2.05) is 73.7 Å². The Kier molecular flexibility index (Phi) is 4.77. The predicted molar refractivity (Wildman–Crippen MR) is 113 cm³/mol. The Balaban J connectivity index is 1.64. The fraction of sp³-hybridized carbons (Fsp3) is 0.0833. The quantitative estimate of drug-likeness (QED) is 0.572. The average Bonchev–Trinajstić information content (AvgIpc) is 2.70. The standard InChI is InChI=1S/C24H20N2O2/c1-17-6-4-10-21(14-17)25-24(28)20-12-13-23(27)26(16-20)15-19-9-5-8-18-7-2-3-11-22(18)19/h2-14,16H,15H2,1H3,(H,25,28). The molecule has 0 bridgehead atoms. The van der Waals surface area contributed by atoms with E-state index >= 15 is 0 Å². The number of aryl methyl sites for hydroxylation is 1. The summed E-state index contributed by atoms with van der Waals surface area (Å²) in [5.74, 6) is -0.239. The van der Waals surface area contributed by atoms with E-state index in [1.54, 1.807) is 16.8 Å². The van der Waals surface area contributed by atoms with Crippen LogP contribution in [0.15, 0.2) is 89.9 Å². The Labute approximate surface area is 163 Å². The number of hydrogen-bond acceptors (Lipinski definition) is 2. The molecule has 4 rings (SSSR count). The molecular formula is C24H20N2O2. The van der Waals surface area contributed by atoms with Crippen molar-refractivity contribution in [2.45, 2.75) is 13.5 Å². The third-order valence-electron chi connectivity index (χ3n) is 4.74. The van der Waals surface area contributed by atoms with Crippen molar-refractivity contribution in [1.29, 1.82) is 0 Å². The normalized spacial score (nSPS) is 10.8. The number of carbonyl (C=O) groups excluding carboxylic acids is 1. The lowest BCUT2D eigenvalue weighted by Crippen LogP contribution is -2.22. The Bertz CT molecular complexity index is 1220. The number of fused-ring (bicyclic) bond motifs is 1. The molecule has 3 aromatic carbocycles. The van der Waals surface area contributed by atoms with Gasteiger partial charge >= 0.3 is 0 Å². The van der Waals surface area contributed by atoms with Crippen LogP contribution in [-0.2, 0) is 6.54 Å². The highest BCUT2D eigenvalue weighted by Gasteiger charge is 2.10. The SMILES string of the molecule is Cc1cccc(NC(=O)c2ccc(=O)n(Cc3cccc4ccccc34)c2)c1. The number of amides is 1. The van der Waals surface area contributed by atoms with Gasteiger partial charge in [-0.2, -0.15) is 0 Å². The summed E-state index contributed by atoms with van der Waals surface area (Å²) in [6.07, 6.45) is 1.62. The number of rotatable bonds is 4. The van der Waals surface area contributed by atoms with E-state index in [2.05, 4.69) is 5.32 Å². The Hall–Kier alpha value is -3.66. The number of nitrogens with zero attached hydrogens (tertiary/aromatic N) is 1. The molecule has 138 valence electrons. The van der Waals surface area contributed by atoms with Gasteiger partial charge in [-0.05, 0) is 47.0 Å². The molecule has 0 atom stereocenters. The zero-order valence-corrected chi connectivity index (χ0v) is 15.6. The van der Waals surface area contributed by atoms with E-state index in [4.69, 9.17) is 0 Å². The smallest absolute Gasteiger partial charge is 0.257 e. The Morgan fingerprint density at radius 1 is 0.929 bits per heavy atom. The van der Waals surface area contributed by atoms with Crippen molar-refractivity contribution in [2.24, 2.45) is 0 Å². The van der Waals surface area contributed by atoms with Gasteiger partial charge in [-0.15, -0.1) is 0 Å². The first-order chi connectivity index (χ1) is 13.6. The molecule has 1 heterocycles. The van der Waals surface area contributed by atoms with Crippen molar-refractivity contribution in [2.75, 3.05) is 5.32 Å². The Morgan fingerprint density at radius 3 is 2.57 bits per heavy atom. The zero-order chi connectivity index (χ0) is 19.5. The van der Waals surface area contributed by atoms with Crippen molar-refractivity contribution in [1.82, 2.24) is 4.57 Å². The van der Waals surface area contributed by atoms with Crippen LogP contribution in [0.2, 0.25) is 0 Å². The maximum Gasteiger partial charge on any atom is 0.257 e. The lowest BCUT2D eigenvalue weighted by atomic mass is 10.0. The topological polar surface area (TPSA) is 51.1 Å². The number of hydrogen-bond donors (Lipinski definition) is 1. The van der Waals surface area contributed by atoms with E-state index < -0.39 is 0 Å². The fourth-order valence-electron chi connectivity index (χ4n) is 3.33. The summed E-state index contributed by atoms with van der Waals surface area (Å²) in [6.45, 7) is 2.38. The highest BCUT2D eigenvalue weighted by Crippen LogP contribution is 2.19. The van der Waals surface area contributed by atoms with Crippen LogP contribution in [0.3, 0.4) is 0 Å². The Morgan fingerprint density at radius 2 is 1.71 bits per heavy atom. The maximum atomic E-state index is 12.6. The van der Waals surface area contributed by atoms with Gasteiger partial charge in [0.15, 0.2) is 0 Å². The van der Waals surface area contributed by atoms with Gasteiger partial charge in [0, 0.05) is 18.0 Å². The van der Waals surface area contributed by atoms with Gasteiger partial charge in [-0.3, -0.25) is 9.59 Å². The molecule has 4 aromatic rings. The second kappa shape index (κ2) is 7.53. The number of carbonyl (C=O) groups is 1. The van der Waals surface area contributed by atoms with E-state index in [9.17, 15) is 9.59 Å². The zero-order valence-electron chi connectivity index (χ0n) is 15.6. The van der Waals surface area contributed by atoms with Crippen molar-refractivity contribution in [3.63, 3.8) is 0 Å². The molecule has 1 N–H and O–H groups in total. The lowest BCUT2D eigenvalue weighted by Gasteiger charge is -2.11. The molecule has 4 nitrogen and oxygen atoms in total. The van der Waals surface area contributed by atoms with Crippen LogP contribution in [0.1, 0.15) is 21.5 Å². The number of benzene rings is 3. The molecular weight excluding hydrogens is 348 g/mol. The number of aromatic nitrogens is 1. The predicted octanol–water partition coefficient (Wildman–Crippen LogP) is 4.61. The molecule has 0 saturated heterocycles. The summed E-state index contributed by atoms with van der Waals surface area (Å²) in [5.41, 5.74) is 3.15. The third kappa shape index (κ3) is 3.71. The first kappa shape index (κ1) is 17.7. The average molecular weight is 368 g/mol. The highest BCUT2D eigenvalue weighted by atomic mass is 16.2. The first-order valence-corrected chi connectivity index (χ1v) is 9.15. The van der Waals surface area contributed by atoms with Crippen LogP contribution in [0, 0.1) is 6.92 Å². The molecule has 0 aliphatic heterocycles. The van der Waals surface area contributed by atoms with Crippen LogP contribution in [0.25, 0.3) is 10.8 Å². The molecule has 4 heteroatoms. The van der Waals surface area contributed by atoms with Crippen LogP contribution < -0.4 is 10.9 Å². The molecule has 1 amide bonds. The molecule has 0 saturated carbocycles. The number of nitrogens with one attached hydrogen (secondary N) is 1. The summed E-state index contributed by atoms with van der Waals surface area (Å²) in [6, 6.07) is 24.7. The summed E-state index contributed by atoms with van der Waals surface area (Å²) >= 11 is 0. The maximum absolute atomic E-state index is 12.6. The fourth-order valence-corrected chi connectivity index (χ4v) is 3.33. The molecule has 0 aliphatic rings. The second-order valence-corrected chi connectivity index (χ2v) is 6.85. The highest BCUT2D eigenvalue weighted by molar-refractivity contribution is 6.04. The van der Waals surface area contributed by atoms with Gasteiger partial charge in [0.25, 0.3) is 11.5 Å². The van der Waals surface area contributed by atoms with Crippen molar-refractivity contribution >= 4 is 22.4 Å². The van der Waals surface area contributed by atoms with Crippen LogP contribution >= 0.6 is 0 Å². The van der Waals surface area contributed by atoms with Crippen LogP contribution in [0.4, 0.5) is 5.69 Å². The molecule has 0 aliphatic carbocycles. The van der Waals surface area contributed by atoms with E-state index in [0.717, 1.165) is 27.6 Å². The summed E-state index contributed by atoms with van der Waals surface area (Å²) in [7, 11) is 0. The minimum atomic E-state index is -0.239. The van der Waals surface area contributed by atoms with Crippen molar-refractivity contribution < 1.29 is 4.79 Å². The van der Waals surface area contributed by atoms with Gasteiger partial charge in [-0.25, -0.2) is 0 Å². The molecule has 0 radical (unpaired) electrons. The summed E-state index contributed by atoms with van der Waals surface area (Å²) in [4.78, 5) is 25.0. The minimum Gasteiger partial charge on any atom is -0.322 e. The van der Waals surface area contributed by atoms with Gasteiger partial charge in [-0.1, -0.05) is 54.6 Å². The van der Waals surface area contributed by atoms with Crippen molar-refractivity contribution in [3.05, 3.63) is 112 Å².